The molecule has 0 aliphatic rings. The zero-order valence-corrected chi connectivity index (χ0v) is 11.1. The van der Waals surface area contributed by atoms with Crippen molar-refractivity contribution in [2.75, 3.05) is 20.8 Å². The molecule has 1 amide bonds. The van der Waals surface area contributed by atoms with E-state index in [9.17, 15) is 4.79 Å². The van der Waals surface area contributed by atoms with Crippen LogP contribution in [0.25, 0.3) is 10.4 Å². The van der Waals surface area contributed by atoms with E-state index in [2.05, 4.69) is 15.3 Å². The van der Waals surface area contributed by atoms with Crippen LogP contribution >= 0.6 is 0 Å². The Morgan fingerprint density at radius 1 is 1.42 bits per heavy atom. The lowest BCUT2D eigenvalue weighted by Gasteiger charge is -2.16. The molecule has 7 heteroatoms. The van der Waals surface area contributed by atoms with Crippen molar-refractivity contribution in [1.82, 2.24) is 5.32 Å². The van der Waals surface area contributed by atoms with Gasteiger partial charge in [-0.3, -0.25) is 4.79 Å². The molecule has 1 atom stereocenters. The number of nitrogens with zero attached hydrogens (tertiary/aromatic N) is 3. The fourth-order valence-electron chi connectivity index (χ4n) is 1.59. The van der Waals surface area contributed by atoms with Crippen LogP contribution in [0.2, 0.25) is 0 Å². The molecule has 1 aromatic carbocycles. The van der Waals surface area contributed by atoms with E-state index in [0.29, 0.717) is 11.5 Å². The number of nitrogens with one attached hydrogen (secondary N) is 1. The number of benzene rings is 1. The number of hydrogen-bond donors (Lipinski definition) is 1. The van der Waals surface area contributed by atoms with Crippen molar-refractivity contribution in [3.05, 3.63) is 34.2 Å². The summed E-state index contributed by atoms with van der Waals surface area (Å²) in [7, 11) is 3.11. The van der Waals surface area contributed by atoms with Gasteiger partial charge in [0.25, 0.3) is 0 Å². The minimum atomic E-state index is -0.333. The molecule has 0 fully saturated rings. The highest BCUT2D eigenvalue weighted by Gasteiger charge is 2.12. The summed E-state index contributed by atoms with van der Waals surface area (Å²) in [5.41, 5.74) is 9.01. The fourth-order valence-corrected chi connectivity index (χ4v) is 1.59. The van der Waals surface area contributed by atoms with Gasteiger partial charge in [0, 0.05) is 4.91 Å². The molecule has 0 radical (unpaired) electrons. The SMILES string of the molecule is COc1ccc(C(C)NC(=O)CN=[N+]=[N-])cc1OC. The second-order valence-corrected chi connectivity index (χ2v) is 3.79. The highest BCUT2D eigenvalue weighted by atomic mass is 16.5. The van der Waals surface area contributed by atoms with E-state index in [-0.39, 0.29) is 18.5 Å². The number of ether oxygens (including phenoxy) is 2. The molecule has 19 heavy (non-hydrogen) atoms. The highest BCUT2D eigenvalue weighted by Crippen LogP contribution is 2.29. The normalized spacial score (nSPS) is 11.1. The van der Waals surface area contributed by atoms with E-state index < -0.39 is 0 Å². The van der Waals surface area contributed by atoms with E-state index in [0.717, 1.165) is 5.56 Å². The number of methoxy groups -OCH3 is 2. The molecule has 1 N–H and O–H groups in total. The summed E-state index contributed by atoms with van der Waals surface area (Å²) in [5.74, 6) is 0.884. The van der Waals surface area contributed by atoms with Gasteiger partial charge in [-0.05, 0) is 30.2 Å². The zero-order valence-electron chi connectivity index (χ0n) is 11.1. The minimum absolute atomic E-state index is 0.214. The van der Waals surface area contributed by atoms with Crippen LogP contribution in [-0.2, 0) is 4.79 Å². The van der Waals surface area contributed by atoms with Gasteiger partial charge >= 0.3 is 0 Å². The molecule has 0 aliphatic heterocycles. The van der Waals surface area contributed by atoms with Gasteiger partial charge in [0.1, 0.15) is 6.54 Å². The van der Waals surface area contributed by atoms with Crippen molar-refractivity contribution in [2.24, 2.45) is 5.11 Å². The average Bonchev–Trinajstić information content (AvgIpc) is 2.44. The van der Waals surface area contributed by atoms with Crippen LogP contribution < -0.4 is 14.8 Å². The van der Waals surface area contributed by atoms with Crippen molar-refractivity contribution in [3.63, 3.8) is 0 Å². The number of carbonyl (C=O) groups excluding carboxylic acids is 1. The van der Waals surface area contributed by atoms with Crippen LogP contribution in [0.1, 0.15) is 18.5 Å². The Balaban J connectivity index is 2.79. The first kappa shape index (κ1) is 14.7. The van der Waals surface area contributed by atoms with Crippen LogP contribution in [-0.4, -0.2) is 26.7 Å². The summed E-state index contributed by atoms with van der Waals surface area (Å²) in [6.07, 6.45) is 0. The van der Waals surface area contributed by atoms with Gasteiger partial charge in [0.15, 0.2) is 11.5 Å². The molecule has 1 unspecified atom stereocenters. The molecule has 102 valence electrons. The summed E-state index contributed by atoms with van der Waals surface area (Å²) in [4.78, 5) is 14.0. The quantitative estimate of drug-likeness (QED) is 0.484. The third-order valence-corrected chi connectivity index (χ3v) is 2.56. The lowest BCUT2D eigenvalue weighted by atomic mass is 10.1. The van der Waals surface area contributed by atoms with Gasteiger partial charge < -0.3 is 14.8 Å². The van der Waals surface area contributed by atoms with E-state index in [1.165, 1.54) is 0 Å². The number of hydrogen-bond acceptors (Lipinski definition) is 4. The summed E-state index contributed by atoms with van der Waals surface area (Å²) >= 11 is 0. The van der Waals surface area contributed by atoms with Gasteiger partial charge in [-0.2, -0.15) is 0 Å². The maximum Gasteiger partial charge on any atom is 0.226 e. The molecule has 0 bridgehead atoms. The first-order valence-corrected chi connectivity index (χ1v) is 5.64. The third-order valence-electron chi connectivity index (χ3n) is 2.56. The largest absolute Gasteiger partial charge is 0.493 e. The first-order chi connectivity index (χ1) is 9.12. The zero-order chi connectivity index (χ0) is 14.3. The Bertz CT molecular complexity index is 498. The molecule has 0 saturated heterocycles. The molecule has 1 aromatic rings. The predicted molar refractivity (Wildman–Crippen MR) is 70.1 cm³/mol. The van der Waals surface area contributed by atoms with Gasteiger partial charge in [-0.15, -0.1) is 0 Å². The van der Waals surface area contributed by atoms with Crippen molar-refractivity contribution in [1.29, 1.82) is 0 Å². The van der Waals surface area contributed by atoms with E-state index in [4.69, 9.17) is 15.0 Å². The molecular formula is C12H16N4O3. The molecule has 0 aliphatic carbocycles. The Labute approximate surface area is 111 Å². The van der Waals surface area contributed by atoms with E-state index >= 15 is 0 Å². The predicted octanol–water partition coefficient (Wildman–Crippen LogP) is 2.19. The molecular weight excluding hydrogens is 248 g/mol. The molecule has 1 rings (SSSR count). The van der Waals surface area contributed by atoms with Gasteiger partial charge in [-0.25, -0.2) is 0 Å². The van der Waals surface area contributed by atoms with Crippen molar-refractivity contribution >= 4 is 5.91 Å². The number of rotatable bonds is 6. The minimum Gasteiger partial charge on any atom is -0.493 e. The number of carbonyl (C=O) groups is 1. The standard InChI is InChI=1S/C12H16N4O3/c1-8(15-12(17)7-14-16-13)9-4-5-10(18-2)11(6-9)19-3/h4-6,8H,7H2,1-3H3,(H,15,17). The second-order valence-electron chi connectivity index (χ2n) is 3.79. The molecule has 0 aromatic heterocycles. The lowest BCUT2D eigenvalue weighted by molar-refractivity contribution is -0.120. The van der Waals surface area contributed by atoms with E-state index in [1.54, 1.807) is 26.4 Å². The third kappa shape index (κ3) is 4.08. The Kier molecular flexibility index (Phi) is 5.50. The Morgan fingerprint density at radius 2 is 2.11 bits per heavy atom. The maximum atomic E-state index is 11.4. The molecule has 0 saturated carbocycles. The van der Waals surface area contributed by atoms with Crippen LogP contribution in [0.5, 0.6) is 11.5 Å². The summed E-state index contributed by atoms with van der Waals surface area (Å²) < 4.78 is 10.3. The van der Waals surface area contributed by atoms with Crippen molar-refractivity contribution in [2.45, 2.75) is 13.0 Å². The maximum absolute atomic E-state index is 11.4. The van der Waals surface area contributed by atoms with Crippen molar-refractivity contribution < 1.29 is 14.3 Å². The Hall–Kier alpha value is -2.40. The van der Waals surface area contributed by atoms with E-state index in [1.807, 2.05) is 13.0 Å². The topological polar surface area (TPSA) is 96.3 Å². The molecule has 0 spiro atoms. The average molecular weight is 264 g/mol. The smallest absolute Gasteiger partial charge is 0.226 e. The Morgan fingerprint density at radius 3 is 2.68 bits per heavy atom. The van der Waals surface area contributed by atoms with Gasteiger partial charge in [0.05, 0.1) is 20.3 Å². The first-order valence-electron chi connectivity index (χ1n) is 5.64. The molecule has 0 heterocycles. The van der Waals surface area contributed by atoms with Crippen LogP contribution in [0.3, 0.4) is 0 Å². The van der Waals surface area contributed by atoms with Crippen LogP contribution in [0.15, 0.2) is 23.3 Å². The van der Waals surface area contributed by atoms with Crippen molar-refractivity contribution in [3.8, 4) is 11.5 Å². The van der Waals surface area contributed by atoms with Gasteiger partial charge in [0.2, 0.25) is 5.91 Å². The van der Waals surface area contributed by atoms with Crippen LogP contribution in [0.4, 0.5) is 0 Å². The highest BCUT2D eigenvalue weighted by molar-refractivity contribution is 5.78. The van der Waals surface area contributed by atoms with Crippen LogP contribution in [0, 0.1) is 0 Å². The second kappa shape index (κ2) is 7.13. The number of amides is 1. The summed E-state index contributed by atoms with van der Waals surface area (Å²) in [6.45, 7) is 1.61. The fraction of sp³-hybridized carbons (Fsp3) is 0.417. The summed E-state index contributed by atoms with van der Waals surface area (Å²) in [6, 6.07) is 5.17. The summed E-state index contributed by atoms with van der Waals surface area (Å²) in [5, 5.41) is 5.92. The lowest BCUT2D eigenvalue weighted by Crippen LogP contribution is -2.28. The monoisotopic (exact) mass is 264 g/mol. The number of azide groups is 1. The van der Waals surface area contributed by atoms with Gasteiger partial charge in [-0.1, -0.05) is 11.2 Å². The molecule has 7 nitrogen and oxygen atoms in total.